The summed E-state index contributed by atoms with van der Waals surface area (Å²) in [4.78, 5) is 12.1. The largest absolute Gasteiger partial charge is 0.389 e. The molecule has 114 valence electrons. The monoisotopic (exact) mass is 338 g/mol. The van der Waals surface area contributed by atoms with Crippen LogP contribution in [0.3, 0.4) is 0 Å². The molecule has 0 radical (unpaired) electrons. The zero-order chi connectivity index (χ0) is 15.5. The number of alkyl halides is 3. The number of rotatable bonds is 5. The Balaban J connectivity index is 2.04. The Bertz CT molecular complexity index is 596. The lowest BCUT2D eigenvalue weighted by molar-refractivity contribution is -0.135. The first-order valence-corrected chi connectivity index (χ1v) is 6.84. The maximum Gasteiger partial charge on any atom is 0.389 e. The van der Waals surface area contributed by atoms with Gasteiger partial charge in [0.15, 0.2) is 0 Å². The molecular formula is C12H11Cl2F3N4. The Kier molecular flexibility index (Phi) is 5.05. The summed E-state index contributed by atoms with van der Waals surface area (Å²) in [7, 11) is 0. The van der Waals surface area contributed by atoms with Crippen molar-refractivity contribution in [3.8, 4) is 0 Å². The van der Waals surface area contributed by atoms with Gasteiger partial charge in [-0.25, -0.2) is 15.0 Å². The van der Waals surface area contributed by atoms with E-state index in [1.165, 1.54) is 12.4 Å². The predicted molar refractivity (Wildman–Crippen MR) is 72.4 cm³/mol. The summed E-state index contributed by atoms with van der Waals surface area (Å²) in [5.74, 6) is 0.952. The second-order valence-electron chi connectivity index (χ2n) is 4.39. The number of imidazole rings is 1. The van der Waals surface area contributed by atoms with E-state index in [9.17, 15) is 13.2 Å². The molecule has 0 aliphatic carbocycles. The summed E-state index contributed by atoms with van der Waals surface area (Å²) in [6, 6.07) is 0. The van der Waals surface area contributed by atoms with Crippen LogP contribution in [0.25, 0.3) is 0 Å². The molecule has 0 saturated heterocycles. The minimum Gasteiger partial charge on any atom is -0.326 e. The second kappa shape index (κ2) is 6.62. The van der Waals surface area contributed by atoms with Crippen molar-refractivity contribution in [1.82, 2.24) is 19.5 Å². The van der Waals surface area contributed by atoms with Crippen LogP contribution in [-0.2, 0) is 13.0 Å². The second-order valence-corrected chi connectivity index (χ2v) is 5.22. The number of hydrogen-bond acceptors (Lipinski definition) is 3. The van der Waals surface area contributed by atoms with Crippen molar-refractivity contribution in [3.05, 3.63) is 40.4 Å². The lowest BCUT2D eigenvalue weighted by Gasteiger charge is -2.08. The number of aromatic nitrogens is 4. The van der Waals surface area contributed by atoms with E-state index in [0.717, 1.165) is 0 Å². The van der Waals surface area contributed by atoms with Gasteiger partial charge in [-0.1, -0.05) is 23.2 Å². The third-order valence-corrected chi connectivity index (χ3v) is 3.05. The first-order valence-electron chi connectivity index (χ1n) is 6.08. The Morgan fingerprint density at radius 1 is 1.14 bits per heavy atom. The number of halogens is 5. The van der Waals surface area contributed by atoms with Gasteiger partial charge < -0.3 is 4.57 Å². The highest BCUT2D eigenvalue weighted by atomic mass is 35.5. The standard InChI is InChI=1S/C12H11Cl2F3N4/c13-8-4-18-10(19-5-8)7-21-6-9(14)20-11(21)2-1-3-12(15,16)17/h4-6H,1-3,7H2. The third-order valence-electron chi connectivity index (χ3n) is 2.68. The van der Waals surface area contributed by atoms with Gasteiger partial charge in [0.25, 0.3) is 0 Å². The lowest BCUT2D eigenvalue weighted by Crippen LogP contribution is -2.10. The van der Waals surface area contributed by atoms with Gasteiger partial charge in [-0.2, -0.15) is 13.2 Å². The van der Waals surface area contributed by atoms with E-state index in [-0.39, 0.29) is 24.5 Å². The smallest absolute Gasteiger partial charge is 0.326 e. The molecule has 0 spiro atoms. The molecule has 0 fully saturated rings. The van der Waals surface area contributed by atoms with Crippen molar-refractivity contribution in [2.45, 2.75) is 32.0 Å². The summed E-state index contributed by atoms with van der Waals surface area (Å²) >= 11 is 11.5. The Morgan fingerprint density at radius 3 is 2.43 bits per heavy atom. The molecule has 2 aromatic rings. The van der Waals surface area contributed by atoms with E-state index >= 15 is 0 Å². The molecule has 9 heteroatoms. The summed E-state index contributed by atoms with van der Waals surface area (Å²) in [6.45, 7) is 0.276. The summed E-state index contributed by atoms with van der Waals surface area (Å²) in [6.07, 6.45) is -0.437. The molecule has 0 saturated carbocycles. The molecule has 2 rings (SSSR count). The van der Waals surface area contributed by atoms with Crippen molar-refractivity contribution in [3.63, 3.8) is 0 Å². The molecule has 0 atom stereocenters. The first-order chi connectivity index (χ1) is 9.83. The minimum atomic E-state index is -4.17. The van der Waals surface area contributed by atoms with Crippen LogP contribution in [0.15, 0.2) is 18.6 Å². The molecule has 21 heavy (non-hydrogen) atoms. The maximum atomic E-state index is 12.2. The van der Waals surface area contributed by atoms with Crippen molar-refractivity contribution >= 4 is 23.2 Å². The molecule has 0 amide bonds. The quantitative estimate of drug-likeness (QED) is 0.829. The van der Waals surface area contributed by atoms with Crippen LogP contribution in [0, 0.1) is 0 Å². The normalized spacial score (nSPS) is 11.9. The van der Waals surface area contributed by atoms with Gasteiger partial charge >= 0.3 is 6.18 Å². The highest BCUT2D eigenvalue weighted by Gasteiger charge is 2.26. The topological polar surface area (TPSA) is 43.6 Å². The van der Waals surface area contributed by atoms with Crippen LogP contribution in [0.5, 0.6) is 0 Å². The van der Waals surface area contributed by atoms with Gasteiger partial charge in [0, 0.05) is 31.4 Å². The van der Waals surface area contributed by atoms with Crippen molar-refractivity contribution in [2.75, 3.05) is 0 Å². The maximum absolute atomic E-state index is 12.2. The molecule has 2 heterocycles. The van der Waals surface area contributed by atoms with E-state index in [2.05, 4.69) is 15.0 Å². The van der Waals surface area contributed by atoms with E-state index in [4.69, 9.17) is 23.2 Å². The lowest BCUT2D eigenvalue weighted by atomic mass is 10.2. The molecule has 0 unspecified atom stereocenters. The van der Waals surface area contributed by atoms with Gasteiger partial charge in [0.2, 0.25) is 0 Å². The van der Waals surface area contributed by atoms with Crippen LogP contribution in [0.4, 0.5) is 13.2 Å². The zero-order valence-electron chi connectivity index (χ0n) is 10.7. The van der Waals surface area contributed by atoms with E-state index in [1.807, 2.05) is 0 Å². The molecule has 4 nitrogen and oxygen atoms in total. The molecule has 2 aromatic heterocycles. The van der Waals surface area contributed by atoms with Gasteiger partial charge in [-0.05, 0) is 6.42 Å². The summed E-state index contributed by atoms with van der Waals surface area (Å²) < 4.78 is 38.1. The summed E-state index contributed by atoms with van der Waals surface area (Å²) in [5.41, 5.74) is 0. The third kappa shape index (κ3) is 5.17. The van der Waals surface area contributed by atoms with E-state index < -0.39 is 12.6 Å². The van der Waals surface area contributed by atoms with Crippen LogP contribution in [0.2, 0.25) is 10.2 Å². The Hall–Kier alpha value is -1.34. The average molecular weight is 339 g/mol. The van der Waals surface area contributed by atoms with Gasteiger partial charge in [0.05, 0.1) is 11.6 Å². The fourth-order valence-electron chi connectivity index (χ4n) is 1.78. The van der Waals surface area contributed by atoms with Crippen LogP contribution < -0.4 is 0 Å². The fourth-order valence-corrected chi connectivity index (χ4v) is 2.09. The van der Waals surface area contributed by atoms with Gasteiger partial charge in [0.1, 0.15) is 16.8 Å². The van der Waals surface area contributed by atoms with Gasteiger partial charge in [-0.3, -0.25) is 0 Å². The molecule has 0 N–H and O–H groups in total. The van der Waals surface area contributed by atoms with Crippen LogP contribution >= 0.6 is 23.2 Å². The van der Waals surface area contributed by atoms with E-state index in [0.29, 0.717) is 16.7 Å². The minimum absolute atomic E-state index is 0.0433. The van der Waals surface area contributed by atoms with E-state index in [1.54, 1.807) is 10.8 Å². The van der Waals surface area contributed by atoms with Crippen LogP contribution in [-0.4, -0.2) is 25.7 Å². The highest BCUT2D eigenvalue weighted by Crippen LogP contribution is 2.23. The predicted octanol–water partition coefficient (Wildman–Crippen LogP) is 3.91. The highest BCUT2D eigenvalue weighted by molar-refractivity contribution is 6.30. The fraction of sp³-hybridized carbons (Fsp3) is 0.417. The molecule has 0 aliphatic heterocycles. The molecule has 0 aliphatic rings. The Labute approximate surface area is 128 Å². The van der Waals surface area contributed by atoms with Crippen molar-refractivity contribution in [2.24, 2.45) is 0 Å². The SMILES string of the molecule is FC(F)(F)CCCc1nc(Cl)cn1Cc1ncc(Cl)cn1. The van der Waals surface area contributed by atoms with Crippen molar-refractivity contribution < 1.29 is 13.2 Å². The average Bonchev–Trinajstić information content (AvgIpc) is 2.71. The van der Waals surface area contributed by atoms with Crippen LogP contribution in [0.1, 0.15) is 24.5 Å². The molecule has 0 aromatic carbocycles. The van der Waals surface area contributed by atoms with Crippen molar-refractivity contribution in [1.29, 1.82) is 0 Å². The van der Waals surface area contributed by atoms with Gasteiger partial charge in [-0.15, -0.1) is 0 Å². The zero-order valence-corrected chi connectivity index (χ0v) is 12.3. The number of hydrogen-bond donors (Lipinski definition) is 0. The molecule has 0 bridgehead atoms. The molecular weight excluding hydrogens is 328 g/mol. The summed E-state index contributed by atoms with van der Waals surface area (Å²) in [5, 5.41) is 0.638. The number of aryl methyl sites for hydroxylation is 1. The Morgan fingerprint density at radius 2 is 1.81 bits per heavy atom. The number of nitrogens with zero attached hydrogens (tertiary/aromatic N) is 4. The first kappa shape index (κ1) is 16.0.